The number of alkyl halides is 2. The zero-order chi connectivity index (χ0) is 19.4. The largest absolute Gasteiger partial charge is 0.424 e. The normalized spacial score (nSPS) is 15.7. The molecular weight excluding hydrogens is 354 g/mol. The lowest BCUT2D eigenvalue weighted by Gasteiger charge is -2.17. The van der Waals surface area contributed by atoms with Crippen molar-refractivity contribution in [1.29, 1.82) is 0 Å². The van der Waals surface area contributed by atoms with Crippen molar-refractivity contribution >= 4 is 23.8 Å². The van der Waals surface area contributed by atoms with Crippen molar-refractivity contribution < 1.29 is 18.0 Å². The van der Waals surface area contributed by atoms with Crippen LogP contribution in [0.15, 0.2) is 21.7 Å². The summed E-state index contributed by atoms with van der Waals surface area (Å²) in [6, 6.07) is 1.60. The fraction of sp³-hybridized carbons (Fsp3) is 0.526. The highest BCUT2D eigenvalue weighted by Gasteiger charge is 2.28. The summed E-state index contributed by atoms with van der Waals surface area (Å²) in [5.74, 6) is -0.0437. The van der Waals surface area contributed by atoms with E-state index in [9.17, 15) is 13.6 Å². The van der Waals surface area contributed by atoms with Crippen LogP contribution in [0.4, 0.5) is 20.5 Å². The Balaban J connectivity index is 1.85. The molecule has 2 aromatic heterocycles. The average Bonchev–Trinajstić information content (AvgIpc) is 3.24. The van der Waals surface area contributed by atoms with E-state index in [0.717, 1.165) is 32.1 Å². The number of carbonyl (C=O) groups is 1. The topological polar surface area (TPSA) is 72.4 Å². The summed E-state index contributed by atoms with van der Waals surface area (Å²) in [6.45, 7) is 1.93. The molecule has 1 saturated carbocycles. The fourth-order valence-electron chi connectivity index (χ4n) is 3.32. The lowest BCUT2D eigenvalue weighted by Crippen LogP contribution is -2.12. The predicted molar refractivity (Wildman–Crippen MR) is 99.1 cm³/mol. The van der Waals surface area contributed by atoms with Crippen LogP contribution in [0.1, 0.15) is 79.7 Å². The number of carbonyl (C=O) groups excluding carboxylic acids is 1. The molecule has 2 heterocycles. The van der Waals surface area contributed by atoms with E-state index in [1.165, 1.54) is 0 Å². The molecule has 0 radical (unpaired) electrons. The first-order chi connectivity index (χ1) is 13.0. The van der Waals surface area contributed by atoms with Crippen LogP contribution >= 0.6 is 0 Å². The summed E-state index contributed by atoms with van der Waals surface area (Å²) < 4.78 is 34.1. The van der Waals surface area contributed by atoms with Crippen molar-refractivity contribution in [1.82, 2.24) is 9.55 Å². The van der Waals surface area contributed by atoms with Crippen LogP contribution in [-0.4, -0.2) is 21.7 Å². The molecule has 0 atom stereocenters. The summed E-state index contributed by atoms with van der Waals surface area (Å²) in [5.41, 5.74) is -0.225. The summed E-state index contributed by atoms with van der Waals surface area (Å²) in [6.07, 6.45) is 6.20. The van der Waals surface area contributed by atoms with Crippen LogP contribution in [0.3, 0.4) is 0 Å². The first-order valence-electron chi connectivity index (χ1n) is 9.29. The third-order valence-corrected chi connectivity index (χ3v) is 4.74. The highest BCUT2D eigenvalue weighted by atomic mass is 19.3. The van der Waals surface area contributed by atoms with Gasteiger partial charge in [0.15, 0.2) is 11.6 Å². The molecule has 3 rings (SSSR count). The number of aryl methyl sites for hydroxylation is 1. The van der Waals surface area contributed by atoms with Crippen LogP contribution < -0.4 is 5.32 Å². The summed E-state index contributed by atoms with van der Waals surface area (Å²) in [5, 5.41) is 2.46. The number of nitrogens with one attached hydrogen (secondary N) is 1. The Labute approximate surface area is 156 Å². The fourth-order valence-corrected chi connectivity index (χ4v) is 3.32. The molecule has 1 aliphatic rings. The van der Waals surface area contributed by atoms with Gasteiger partial charge in [0.25, 0.3) is 12.3 Å². The van der Waals surface area contributed by atoms with Gasteiger partial charge in [0.05, 0.1) is 5.56 Å². The number of amides is 1. The van der Waals surface area contributed by atoms with Crippen LogP contribution in [0.25, 0.3) is 0 Å². The molecule has 1 aliphatic carbocycles. The second kappa shape index (κ2) is 8.45. The van der Waals surface area contributed by atoms with E-state index < -0.39 is 18.0 Å². The standard InChI is InChI=1S/C19H24F2N4O2/c1-3-10-22-16-13(9-11-25(16)2)17(26)24-19-14(15(20)21)23-18(27-19)12-7-5-4-6-8-12/h9-12,15H,3-8H2,1-2H3,(H,24,26)/b22-10-. The maximum atomic E-state index is 13.4. The molecule has 8 heteroatoms. The van der Waals surface area contributed by atoms with Gasteiger partial charge in [0, 0.05) is 25.4 Å². The van der Waals surface area contributed by atoms with E-state index >= 15 is 0 Å². The zero-order valence-electron chi connectivity index (χ0n) is 15.5. The number of aromatic nitrogens is 2. The number of halogens is 2. The van der Waals surface area contributed by atoms with Crippen LogP contribution in [0, 0.1) is 0 Å². The second-order valence-corrected chi connectivity index (χ2v) is 6.74. The molecule has 1 amide bonds. The number of aliphatic imine (C=N–C) groups is 1. The highest BCUT2D eigenvalue weighted by Crippen LogP contribution is 2.37. The molecule has 0 aromatic carbocycles. The minimum absolute atomic E-state index is 0.0309. The van der Waals surface area contributed by atoms with E-state index in [2.05, 4.69) is 15.3 Å². The van der Waals surface area contributed by atoms with Gasteiger partial charge in [-0.05, 0) is 25.3 Å². The Bertz CT molecular complexity index is 820. The van der Waals surface area contributed by atoms with Gasteiger partial charge in [0.1, 0.15) is 5.82 Å². The summed E-state index contributed by atoms with van der Waals surface area (Å²) in [4.78, 5) is 20.9. The van der Waals surface area contributed by atoms with Gasteiger partial charge in [-0.25, -0.2) is 18.8 Å². The van der Waals surface area contributed by atoms with Crippen LogP contribution in [0.5, 0.6) is 0 Å². The number of oxazole rings is 1. The number of hydrogen-bond acceptors (Lipinski definition) is 4. The van der Waals surface area contributed by atoms with Crippen LogP contribution in [0.2, 0.25) is 0 Å². The Morgan fingerprint density at radius 1 is 1.44 bits per heavy atom. The molecule has 0 aliphatic heterocycles. The van der Waals surface area contributed by atoms with Gasteiger partial charge in [0.2, 0.25) is 5.88 Å². The predicted octanol–water partition coefficient (Wildman–Crippen LogP) is 5.36. The first-order valence-corrected chi connectivity index (χ1v) is 9.29. The van der Waals surface area contributed by atoms with Crippen molar-refractivity contribution in [3.8, 4) is 0 Å². The van der Waals surface area contributed by atoms with E-state index in [4.69, 9.17) is 4.42 Å². The molecule has 0 saturated heterocycles. The van der Waals surface area contributed by atoms with Crippen molar-refractivity contribution in [2.75, 3.05) is 5.32 Å². The molecule has 0 spiro atoms. The lowest BCUT2D eigenvalue weighted by atomic mass is 9.89. The first kappa shape index (κ1) is 19.3. The molecule has 1 N–H and O–H groups in total. The van der Waals surface area contributed by atoms with Crippen molar-refractivity contribution in [3.05, 3.63) is 29.4 Å². The van der Waals surface area contributed by atoms with Crippen molar-refractivity contribution in [2.45, 2.75) is 57.8 Å². The second-order valence-electron chi connectivity index (χ2n) is 6.74. The van der Waals surface area contributed by atoms with E-state index in [-0.39, 0.29) is 23.3 Å². The Morgan fingerprint density at radius 3 is 2.85 bits per heavy atom. The van der Waals surface area contributed by atoms with Crippen LogP contribution in [-0.2, 0) is 7.05 Å². The zero-order valence-corrected chi connectivity index (χ0v) is 15.5. The molecule has 0 bridgehead atoms. The van der Waals surface area contributed by atoms with Gasteiger partial charge in [-0.3, -0.25) is 10.1 Å². The highest BCUT2D eigenvalue weighted by molar-refractivity contribution is 6.07. The maximum absolute atomic E-state index is 13.4. The van der Waals surface area contributed by atoms with E-state index in [1.54, 1.807) is 30.1 Å². The Hall–Kier alpha value is -2.51. The lowest BCUT2D eigenvalue weighted by molar-refractivity contribution is 0.102. The quantitative estimate of drug-likeness (QED) is 0.688. The third-order valence-electron chi connectivity index (χ3n) is 4.74. The number of rotatable bonds is 6. The maximum Gasteiger partial charge on any atom is 0.285 e. The third kappa shape index (κ3) is 4.26. The van der Waals surface area contributed by atoms with E-state index in [0.29, 0.717) is 12.2 Å². The molecule has 1 fully saturated rings. The van der Waals surface area contributed by atoms with Crippen molar-refractivity contribution in [2.24, 2.45) is 12.0 Å². The van der Waals surface area contributed by atoms with Gasteiger partial charge >= 0.3 is 0 Å². The summed E-state index contributed by atoms with van der Waals surface area (Å²) >= 11 is 0. The SMILES string of the molecule is CC/C=N\c1c(C(=O)Nc2oc(C3CCCCC3)nc2C(F)F)ccn1C. The smallest absolute Gasteiger partial charge is 0.285 e. The van der Waals surface area contributed by atoms with Gasteiger partial charge < -0.3 is 8.98 Å². The van der Waals surface area contributed by atoms with Gasteiger partial charge in [-0.15, -0.1) is 0 Å². The minimum atomic E-state index is -2.82. The van der Waals surface area contributed by atoms with E-state index in [1.807, 2.05) is 6.92 Å². The molecular formula is C19H24F2N4O2. The molecule has 146 valence electrons. The molecule has 0 unspecified atom stereocenters. The Kier molecular flexibility index (Phi) is 6.03. The minimum Gasteiger partial charge on any atom is -0.424 e. The van der Waals surface area contributed by atoms with Crippen molar-refractivity contribution in [3.63, 3.8) is 0 Å². The van der Waals surface area contributed by atoms with Gasteiger partial charge in [-0.1, -0.05) is 26.2 Å². The molecule has 2 aromatic rings. The molecule has 27 heavy (non-hydrogen) atoms. The number of hydrogen-bond donors (Lipinski definition) is 1. The average molecular weight is 378 g/mol. The van der Waals surface area contributed by atoms with Gasteiger partial charge in [-0.2, -0.15) is 0 Å². The monoisotopic (exact) mass is 378 g/mol. The number of anilines is 1. The molecule has 6 nitrogen and oxygen atoms in total. The number of nitrogens with zero attached hydrogens (tertiary/aromatic N) is 3. The Morgan fingerprint density at radius 2 is 2.19 bits per heavy atom. The summed E-state index contributed by atoms with van der Waals surface area (Å²) in [7, 11) is 1.76.